The number of halogens is 2. The maximum atomic E-state index is 13.0. The minimum Gasteiger partial charge on any atom is -0.395 e. The van der Waals surface area contributed by atoms with Gasteiger partial charge in [0.2, 0.25) is 5.91 Å². The van der Waals surface area contributed by atoms with Gasteiger partial charge in [-0.05, 0) is 36.4 Å². The Morgan fingerprint density at radius 2 is 1.54 bits per heavy atom. The SMILES string of the molecule is CC(=O)Nc1ccc(C(=O)Nc2ccc3c(c2)OC(F)(F)O3)cc1. The van der Waals surface area contributed by atoms with E-state index in [2.05, 4.69) is 20.1 Å². The zero-order valence-corrected chi connectivity index (χ0v) is 12.4. The van der Waals surface area contributed by atoms with Crippen molar-refractivity contribution < 1.29 is 27.8 Å². The van der Waals surface area contributed by atoms with Gasteiger partial charge in [0.25, 0.3) is 5.91 Å². The molecule has 6 nitrogen and oxygen atoms in total. The van der Waals surface area contributed by atoms with Gasteiger partial charge in [0, 0.05) is 29.9 Å². The molecule has 0 saturated carbocycles. The molecule has 0 bridgehead atoms. The molecule has 2 N–H and O–H groups in total. The van der Waals surface area contributed by atoms with Gasteiger partial charge in [0.1, 0.15) is 0 Å². The van der Waals surface area contributed by atoms with Crippen LogP contribution in [0.5, 0.6) is 11.5 Å². The Morgan fingerprint density at radius 3 is 2.21 bits per heavy atom. The third kappa shape index (κ3) is 3.43. The molecule has 8 heteroatoms. The lowest BCUT2D eigenvalue weighted by Crippen LogP contribution is -2.25. The molecule has 2 amide bonds. The Kier molecular flexibility index (Phi) is 3.80. The zero-order valence-electron chi connectivity index (χ0n) is 12.4. The largest absolute Gasteiger partial charge is 0.586 e. The van der Waals surface area contributed by atoms with Gasteiger partial charge in [0.05, 0.1) is 0 Å². The number of fused-ring (bicyclic) bond motifs is 1. The first-order valence-corrected chi connectivity index (χ1v) is 6.91. The molecule has 0 spiro atoms. The summed E-state index contributed by atoms with van der Waals surface area (Å²) in [7, 11) is 0. The van der Waals surface area contributed by atoms with Crippen molar-refractivity contribution in [2.45, 2.75) is 13.2 Å². The fourth-order valence-corrected chi connectivity index (χ4v) is 2.14. The number of carbonyl (C=O) groups excluding carboxylic acids is 2. The van der Waals surface area contributed by atoms with E-state index in [-0.39, 0.29) is 23.1 Å². The highest BCUT2D eigenvalue weighted by Crippen LogP contribution is 2.42. The number of amides is 2. The molecule has 2 aromatic carbocycles. The summed E-state index contributed by atoms with van der Waals surface area (Å²) < 4.78 is 34.5. The molecule has 0 radical (unpaired) electrons. The van der Waals surface area contributed by atoms with Crippen molar-refractivity contribution in [2.75, 3.05) is 10.6 Å². The Labute approximate surface area is 135 Å². The number of ether oxygens (including phenoxy) is 2. The van der Waals surface area contributed by atoms with Gasteiger partial charge in [-0.3, -0.25) is 9.59 Å². The molecule has 1 aliphatic rings. The maximum Gasteiger partial charge on any atom is 0.586 e. The van der Waals surface area contributed by atoms with Crippen LogP contribution in [0.3, 0.4) is 0 Å². The molecule has 0 saturated heterocycles. The first kappa shape index (κ1) is 15.7. The molecular formula is C16H12F2N2O4. The summed E-state index contributed by atoms with van der Waals surface area (Å²) in [6.07, 6.45) is -3.70. The van der Waals surface area contributed by atoms with Gasteiger partial charge in [-0.25, -0.2) is 0 Å². The summed E-state index contributed by atoms with van der Waals surface area (Å²) in [6.45, 7) is 1.38. The summed E-state index contributed by atoms with van der Waals surface area (Å²) in [6, 6.07) is 10.2. The van der Waals surface area contributed by atoms with Gasteiger partial charge in [-0.1, -0.05) is 0 Å². The van der Waals surface area contributed by atoms with Crippen LogP contribution in [0.2, 0.25) is 0 Å². The van der Waals surface area contributed by atoms with Crippen LogP contribution in [0, 0.1) is 0 Å². The summed E-state index contributed by atoms with van der Waals surface area (Å²) >= 11 is 0. The number of rotatable bonds is 3. The number of carbonyl (C=O) groups is 2. The number of alkyl halides is 2. The molecule has 0 atom stereocenters. The molecule has 0 aliphatic carbocycles. The Bertz CT molecular complexity index is 806. The molecule has 1 aliphatic heterocycles. The van der Waals surface area contributed by atoms with Crippen molar-refractivity contribution in [1.29, 1.82) is 0 Å². The number of benzene rings is 2. The predicted molar refractivity (Wildman–Crippen MR) is 81.3 cm³/mol. The number of nitrogens with one attached hydrogen (secondary N) is 2. The molecule has 2 aromatic rings. The van der Waals surface area contributed by atoms with E-state index in [0.29, 0.717) is 11.3 Å². The second kappa shape index (κ2) is 5.80. The molecule has 24 heavy (non-hydrogen) atoms. The maximum absolute atomic E-state index is 13.0. The van der Waals surface area contributed by atoms with E-state index in [0.717, 1.165) is 0 Å². The van der Waals surface area contributed by atoms with E-state index in [9.17, 15) is 18.4 Å². The van der Waals surface area contributed by atoms with E-state index in [1.807, 2.05) is 0 Å². The second-order valence-electron chi connectivity index (χ2n) is 5.04. The summed E-state index contributed by atoms with van der Waals surface area (Å²) in [4.78, 5) is 23.1. The highest BCUT2D eigenvalue weighted by Gasteiger charge is 2.43. The standard InChI is InChI=1S/C16H12F2N2O4/c1-9(21)19-11-4-2-10(3-5-11)15(22)20-12-6-7-13-14(8-12)24-16(17,18)23-13/h2-8H,1H3,(H,19,21)(H,20,22). The number of anilines is 2. The van der Waals surface area contributed by atoms with E-state index >= 15 is 0 Å². The fraction of sp³-hybridized carbons (Fsp3) is 0.125. The van der Waals surface area contributed by atoms with Crippen LogP contribution in [0.1, 0.15) is 17.3 Å². The van der Waals surface area contributed by atoms with E-state index in [4.69, 9.17) is 0 Å². The molecule has 0 aromatic heterocycles. The van der Waals surface area contributed by atoms with Crippen LogP contribution in [-0.2, 0) is 4.79 Å². The fourth-order valence-electron chi connectivity index (χ4n) is 2.14. The van der Waals surface area contributed by atoms with Crippen LogP contribution in [0.25, 0.3) is 0 Å². The van der Waals surface area contributed by atoms with Gasteiger partial charge in [-0.2, -0.15) is 0 Å². The molecular weight excluding hydrogens is 322 g/mol. The van der Waals surface area contributed by atoms with E-state index in [1.54, 1.807) is 12.1 Å². The van der Waals surface area contributed by atoms with Crippen molar-refractivity contribution in [2.24, 2.45) is 0 Å². The Balaban J connectivity index is 1.70. The van der Waals surface area contributed by atoms with Crippen LogP contribution < -0.4 is 20.1 Å². The van der Waals surface area contributed by atoms with Crippen molar-refractivity contribution in [1.82, 2.24) is 0 Å². The smallest absolute Gasteiger partial charge is 0.395 e. The summed E-state index contributed by atoms with van der Waals surface area (Å²) in [5, 5.41) is 5.15. The van der Waals surface area contributed by atoms with Gasteiger partial charge in [0.15, 0.2) is 11.5 Å². The second-order valence-corrected chi connectivity index (χ2v) is 5.04. The first-order valence-electron chi connectivity index (χ1n) is 6.91. The Hall–Kier alpha value is -3.16. The highest BCUT2D eigenvalue weighted by molar-refractivity contribution is 6.04. The molecule has 124 valence electrons. The normalized spacial score (nSPS) is 14.1. The minimum absolute atomic E-state index is 0.0994. The van der Waals surface area contributed by atoms with Crippen molar-refractivity contribution >= 4 is 23.2 Å². The molecule has 3 rings (SSSR count). The third-order valence-corrected chi connectivity index (χ3v) is 3.13. The summed E-state index contributed by atoms with van der Waals surface area (Å²) in [5.74, 6) is -0.907. The predicted octanol–water partition coefficient (Wildman–Crippen LogP) is 3.22. The van der Waals surface area contributed by atoms with Gasteiger partial charge < -0.3 is 20.1 Å². The Morgan fingerprint density at radius 1 is 0.917 bits per heavy atom. The van der Waals surface area contributed by atoms with Crippen molar-refractivity contribution in [3.8, 4) is 11.5 Å². The average Bonchev–Trinajstić information content (AvgIpc) is 2.80. The lowest BCUT2D eigenvalue weighted by molar-refractivity contribution is -0.286. The lowest BCUT2D eigenvalue weighted by Gasteiger charge is -2.07. The molecule has 0 fully saturated rings. The topological polar surface area (TPSA) is 76.7 Å². The first-order chi connectivity index (χ1) is 11.3. The van der Waals surface area contributed by atoms with Crippen LogP contribution in [0.4, 0.5) is 20.2 Å². The minimum atomic E-state index is -3.70. The average molecular weight is 334 g/mol. The van der Waals surface area contributed by atoms with Gasteiger partial charge >= 0.3 is 6.29 Å². The lowest BCUT2D eigenvalue weighted by atomic mass is 10.2. The summed E-state index contributed by atoms with van der Waals surface area (Å²) in [5.41, 5.74) is 1.18. The van der Waals surface area contributed by atoms with E-state index in [1.165, 1.54) is 37.3 Å². The van der Waals surface area contributed by atoms with Crippen molar-refractivity contribution in [3.63, 3.8) is 0 Å². The van der Waals surface area contributed by atoms with Crippen LogP contribution in [0.15, 0.2) is 42.5 Å². The van der Waals surface area contributed by atoms with Crippen molar-refractivity contribution in [3.05, 3.63) is 48.0 Å². The van der Waals surface area contributed by atoms with Crippen LogP contribution >= 0.6 is 0 Å². The quantitative estimate of drug-likeness (QED) is 0.903. The highest BCUT2D eigenvalue weighted by atomic mass is 19.3. The molecule has 0 unspecified atom stereocenters. The molecule has 1 heterocycles. The third-order valence-electron chi connectivity index (χ3n) is 3.13. The zero-order chi connectivity index (χ0) is 17.3. The monoisotopic (exact) mass is 334 g/mol. The van der Waals surface area contributed by atoms with Gasteiger partial charge in [-0.15, -0.1) is 8.78 Å². The van der Waals surface area contributed by atoms with Crippen LogP contribution in [-0.4, -0.2) is 18.1 Å². The number of hydrogen-bond donors (Lipinski definition) is 2. The number of hydrogen-bond acceptors (Lipinski definition) is 4. The van der Waals surface area contributed by atoms with E-state index < -0.39 is 12.2 Å².